The van der Waals surface area contributed by atoms with Crippen molar-refractivity contribution >= 4 is 23.2 Å². The Hall–Kier alpha value is -1.69. The van der Waals surface area contributed by atoms with E-state index in [9.17, 15) is 4.79 Å². The molecule has 0 bridgehead atoms. The van der Waals surface area contributed by atoms with Gasteiger partial charge in [-0.15, -0.1) is 0 Å². The van der Waals surface area contributed by atoms with Gasteiger partial charge in [-0.25, -0.2) is 0 Å². The predicted octanol–water partition coefficient (Wildman–Crippen LogP) is 1.77. The van der Waals surface area contributed by atoms with Crippen molar-refractivity contribution in [3.05, 3.63) is 30.1 Å². The molecular formula is C14H20N4OS. The molecule has 1 fully saturated rings. The van der Waals surface area contributed by atoms with E-state index in [1.54, 1.807) is 24.4 Å². The van der Waals surface area contributed by atoms with Crippen molar-refractivity contribution in [1.82, 2.24) is 21.2 Å². The van der Waals surface area contributed by atoms with Crippen LogP contribution in [0.2, 0.25) is 0 Å². The van der Waals surface area contributed by atoms with Crippen LogP contribution in [0.5, 0.6) is 0 Å². The number of hydrogen-bond donors (Lipinski definition) is 3. The number of hydrogen-bond acceptors (Lipinski definition) is 3. The maximum atomic E-state index is 11.8. The van der Waals surface area contributed by atoms with Gasteiger partial charge in [0.05, 0.1) is 0 Å². The molecule has 2 rings (SSSR count). The largest absolute Gasteiger partial charge is 0.358 e. The molecule has 0 radical (unpaired) electrons. The second-order valence-electron chi connectivity index (χ2n) is 5.14. The molecule has 1 aromatic heterocycles. The molecule has 108 valence electrons. The SMILES string of the molecule is C[C@@H]1CCCC[C@@H]1NC(=S)NNC(=O)c1ccccn1. The van der Waals surface area contributed by atoms with Crippen LogP contribution in [0.15, 0.2) is 24.4 Å². The first-order chi connectivity index (χ1) is 9.66. The molecule has 1 amide bonds. The van der Waals surface area contributed by atoms with Gasteiger partial charge in [0.15, 0.2) is 5.11 Å². The number of hydrazine groups is 1. The van der Waals surface area contributed by atoms with Crippen LogP contribution in [0.3, 0.4) is 0 Å². The fourth-order valence-corrected chi connectivity index (χ4v) is 2.61. The van der Waals surface area contributed by atoms with Gasteiger partial charge < -0.3 is 5.32 Å². The number of pyridine rings is 1. The van der Waals surface area contributed by atoms with Gasteiger partial charge in [-0.2, -0.15) is 0 Å². The Morgan fingerprint density at radius 1 is 1.30 bits per heavy atom. The fraction of sp³-hybridized carbons (Fsp3) is 0.500. The Morgan fingerprint density at radius 3 is 2.80 bits per heavy atom. The first-order valence-electron chi connectivity index (χ1n) is 6.94. The summed E-state index contributed by atoms with van der Waals surface area (Å²) < 4.78 is 0. The zero-order valence-electron chi connectivity index (χ0n) is 11.6. The molecule has 0 unspecified atom stereocenters. The molecule has 20 heavy (non-hydrogen) atoms. The van der Waals surface area contributed by atoms with Crippen molar-refractivity contribution in [3.8, 4) is 0 Å². The summed E-state index contributed by atoms with van der Waals surface area (Å²) in [5.41, 5.74) is 5.63. The number of thiocarbonyl (C=S) groups is 1. The molecule has 1 aliphatic rings. The van der Waals surface area contributed by atoms with Gasteiger partial charge in [-0.3, -0.25) is 20.6 Å². The van der Waals surface area contributed by atoms with Crippen LogP contribution >= 0.6 is 12.2 Å². The van der Waals surface area contributed by atoms with Gasteiger partial charge in [0, 0.05) is 12.2 Å². The van der Waals surface area contributed by atoms with E-state index in [-0.39, 0.29) is 5.91 Å². The predicted molar refractivity (Wildman–Crippen MR) is 82.0 cm³/mol. The summed E-state index contributed by atoms with van der Waals surface area (Å²) in [5, 5.41) is 3.71. The number of nitrogens with one attached hydrogen (secondary N) is 3. The normalized spacial score (nSPS) is 21.9. The van der Waals surface area contributed by atoms with Gasteiger partial charge in [0.2, 0.25) is 0 Å². The van der Waals surface area contributed by atoms with E-state index >= 15 is 0 Å². The third-order valence-electron chi connectivity index (χ3n) is 3.62. The van der Waals surface area contributed by atoms with Crippen LogP contribution in [0.1, 0.15) is 43.1 Å². The molecule has 1 aliphatic carbocycles. The Bertz CT molecular complexity index is 466. The maximum Gasteiger partial charge on any atom is 0.288 e. The van der Waals surface area contributed by atoms with Crippen LogP contribution in [0, 0.1) is 5.92 Å². The van der Waals surface area contributed by atoms with E-state index < -0.39 is 0 Å². The lowest BCUT2D eigenvalue weighted by Crippen LogP contribution is -2.51. The Balaban J connectivity index is 1.76. The molecular weight excluding hydrogens is 272 g/mol. The van der Waals surface area contributed by atoms with Crippen LogP contribution < -0.4 is 16.2 Å². The lowest BCUT2D eigenvalue weighted by atomic mass is 9.86. The van der Waals surface area contributed by atoms with Crippen LogP contribution in [0.4, 0.5) is 0 Å². The van der Waals surface area contributed by atoms with E-state index in [0.29, 0.717) is 22.8 Å². The summed E-state index contributed by atoms with van der Waals surface area (Å²) in [6.07, 6.45) is 6.44. The van der Waals surface area contributed by atoms with Gasteiger partial charge in [0.1, 0.15) is 5.69 Å². The van der Waals surface area contributed by atoms with Crippen molar-refractivity contribution in [2.75, 3.05) is 0 Å². The molecule has 0 spiro atoms. The molecule has 1 heterocycles. The smallest absolute Gasteiger partial charge is 0.288 e. The monoisotopic (exact) mass is 292 g/mol. The summed E-state index contributed by atoms with van der Waals surface area (Å²) in [6, 6.07) is 5.57. The van der Waals surface area contributed by atoms with Crippen LogP contribution in [-0.4, -0.2) is 22.0 Å². The van der Waals surface area contributed by atoms with E-state index in [1.165, 1.54) is 19.3 Å². The molecule has 5 nitrogen and oxygen atoms in total. The minimum Gasteiger partial charge on any atom is -0.358 e. The Kier molecular flexibility index (Phi) is 5.29. The molecule has 1 aromatic rings. The standard InChI is InChI=1S/C14H20N4OS/c1-10-6-2-3-7-11(10)16-14(20)18-17-13(19)12-8-4-5-9-15-12/h4-5,8-11H,2-3,6-7H2,1H3,(H,17,19)(H2,16,18,20)/t10-,11+/m1/s1. The number of carbonyl (C=O) groups excluding carboxylic acids is 1. The summed E-state index contributed by atoms with van der Waals surface area (Å²) in [5.74, 6) is 0.307. The van der Waals surface area contributed by atoms with Crippen molar-refractivity contribution in [1.29, 1.82) is 0 Å². The highest BCUT2D eigenvalue weighted by atomic mass is 32.1. The van der Waals surface area contributed by atoms with Crippen LogP contribution in [-0.2, 0) is 0 Å². The Morgan fingerprint density at radius 2 is 2.10 bits per heavy atom. The van der Waals surface area contributed by atoms with Gasteiger partial charge in [-0.05, 0) is 43.1 Å². The van der Waals surface area contributed by atoms with Crippen molar-refractivity contribution in [2.24, 2.45) is 5.92 Å². The Labute approximate surface area is 124 Å². The fourth-order valence-electron chi connectivity index (χ4n) is 2.41. The molecule has 1 saturated carbocycles. The van der Waals surface area contributed by atoms with Gasteiger partial charge >= 0.3 is 0 Å². The maximum absolute atomic E-state index is 11.8. The highest BCUT2D eigenvalue weighted by Gasteiger charge is 2.21. The highest BCUT2D eigenvalue weighted by molar-refractivity contribution is 7.80. The van der Waals surface area contributed by atoms with Gasteiger partial charge in [0.25, 0.3) is 5.91 Å². The third kappa shape index (κ3) is 4.16. The minimum absolute atomic E-state index is 0.300. The minimum atomic E-state index is -0.300. The molecule has 0 aromatic carbocycles. The van der Waals surface area contributed by atoms with E-state index in [1.807, 2.05) is 0 Å². The molecule has 0 aliphatic heterocycles. The average Bonchev–Trinajstić information content (AvgIpc) is 2.48. The first-order valence-corrected chi connectivity index (χ1v) is 7.35. The van der Waals surface area contributed by atoms with E-state index in [0.717, 1.165) is 6.42 Å². The van der Waals surface area contributed by atoms with E-state index in [4.69, 9.17) is 12.2 Å². The number of rotatable bonds is 2. The second kappa shape index (κ2) is 7.19. The molecule has 6 heteroatoms. The highest BCUT2D eigenvalue weighted by Crippen LogP contribution is 2.23. The average molecular weight is 292 g/mol. The number of aromatic nitrogens is 1. The molecule has 2 atom stereocenters. The summed E-state index contributed by atoms with van der Waals surface area (Å²) in [7, 11) is 0. The zero-order chi connectivity index (χ0) is 14.4. The lowest BCUT2D eigenvalue weighted by molar-refractivity contribution is 0.0938. The van der Waals surface area contributed by atoms with Crippen molar-refractivity contribution < 1.29 is 4.79 Å². The number of nitrogens with zero attached hydrogens (tertiary/aromatic N) is 1. The third-order valence-corrected chi connectivity index (χ3v) is 3.83. The quantitative estimate of drug-likeness (QED) is 0.573. The van der Waals surface area contributed by atoms with Crippen molar-refractivity contribution in [3.63, 3.8) is 0 Å². The number of amides is 1. The molecule has 3 N–H and O–H groups in total. The summed E-state index contributed by atoms with van der Waals surface area (Å²) in [6.45, 7) is 2.23. The van der Waals surface area contributed by atoms with Crippen molar-refractivity contribution in [2.45, 2.75) is 38.6 Å². The molecule has 0 saturated heterocycles. The summed E-state index contributed by atoms with van der Waals surface area (Å²) >= 11 is 5.20. The summed E-state index contributed by atoms with van der Waals surface area (Å²) in [4.78, 5) is 15.8. The second-order valence-corrected chi connectivity index (χ2v) is 5.54. The first kappa shape index (κ1) is 14.7. The topological polar surface area (TPSA) is 66.0 Å². The van der Waals surface area contributed by atoms with Gasteiger partial charge in [-0.1, -0.05) is 25.8 Å². The van der Waals surface area contributed by atoms with Crippen LogP contribution in [0.25, 0.3) is 0 Å². The zero-order valence-corrected chi connectivity index (χ0v) is 12.4. The number of carbonyl (C=O) groups is 1. The lowest BCUT2D eigenvalue weighted by Gasteiger charge is -2.30. The van der Waals surface area contributed by atoms with E-state index in [2.05, 4.69) is 28.1 Å².